The van der Waals surface area contributed by atoms with Crippen molar-refractivity contribution in [1.82, 2.24) is 10.2 Å². The van der Waals surface area contributed by atoms with Crippen LogP contribution in [0.4, 0.5) is 9.59 Å². The average molecular weight is 448 g/mol. The molecule has 0 spiro atoms. The largest absolute Gasteiger partial charge is 0.485 e. The number of nitrogens with one attached hydrogen (secondary N) is 1. The average Bonchev–Trinajstić information content (AvgIpc) is 2.95. The van der Waals surface area contributed by atoms with Crippen LogP contribution in [-0.2, 0) is 14.6 Å². The van der Waals surface area contributed by atoms with E-state index in [-0.39, 0.29) is 16.9 Å². The van der Waals surface area contributed by atoms with Crippen LogP contribution in [0.5, 0.6) is 0 Å². The highest BCUT2D eigenvalue weighted by Gasteiger charge is 2.40. The number of carbonyl (C=O) groups excluding carboxylic acids is 5. The number of rotatable bonds is 5. The summed E-state index contributed by atoms with van der Waals surface area (Å²) < 4.78 is 3.56. The summed E-state index contributed by atoms with van der Waals surface area (Å²) in [6.07, 6.45) is -2.26. The Hall–Kier alpha value is -3.50. The topological polar surface area (TPSA) is 144 Å². The SMILES string of the molecule is CC(C(=O)CSN=C=NC(=O)OOC(=O)NC(C)(C)C)N1C(=O)c2ccccc2C1=O. The maximum absolute atomic E-state index is 12.4. The van der Waals surface area contributed by atoms with Gasteiger partial charge < -0.3 is 5.32 Å². The zero-order valence-electron chi connectivity index (χ0n) is 17.2. The van der Waals surface area contributed by atoms with Gasteiger partial charge in [0, 0.05) is 5.54 Å². The molecule has 0 radical (unpaired) electrons. The van der Waals surface area contributed by atoms with Crippen molar-refractivity contribution in [2.24, 2.45) is 9.39 Å². The molecular formula is C19H20N4O7S. The van der Waals surface area contributed by atoms with Crippen LogP contribution < -0.4 is 5.32 Å². The monoisotopic (exact) mass is 448 g/mol. The molecule has 0 saturated heterocycles. The minimum absolute atomic E-state index is 0.198. The van der Waals surface area contributed by atoms with Crippen molar-refractivity contribution in [2.75, 3.05) is 5.75 Å². The molecule has 1 aromatic carbocycles. The minimum Gasteiger partial charge on any atom is -0.314 e. The number of hydrogen-bond acceptors (Lipinski definition) is 9. The lowest BCUT2D eigenvalue weighted by molar-refractivity contribution is -0.176. The van der Waals surface area contributed by atoms with Gasteiger partial charge in [0.15, 0.2) is 5.78 Å². The third-order valence-corrected chi connectivity index (χ3v) is 4.42. The van der Waals surface area contributed by atoms with Gasteiger partial charge in [-0.25, -0.2) is 19.4 Å². The first-order valence-electron chi connectivity index (χ1n) is 8.99. The summed E-state index contributed by atoms with van der Waals surface area (Å²) in [5, 5.41) is 2.39. The van der Waals surface area contributed by atoms with Gasteiger partial charge in [-0.05, 0) is 51.8 Å². The quantitative estimate of drug-likeness (QED) is 0.238. The molecule has 2 rings (SSSR count). The molecule has 11 nitrogen and oxygen atoms in total. The van der Waals surface area contributed by atoms with Crippen molar-refractivity contribution in [3.05, 3.63) is 35.4 Å². The molecule has 1 aromatic rings. The Labute approximate surface area is 181 Å². The molecule has 0 aromatic heterocycles. The van der Waals surface area contributed by atoms with Gasteiger partial charge in [-0.3, -0.25) is 19.3 Å². The first kappa shape index (κ1) is 23.8. The number of benzene rings is 1. The molecule has 0 aliphatic carbocycles. The predicted molar refractivity (Wildman–Crippen MR) is 110 cm³/mol. The van der Waals surface area contributed by atoms with Crippen molar-refractivity contribution >= 4 is 47.7 Å². The molecule has 1 aliphatic rings. The van der Waals surface area contributed by atoms with E-state index in [1.165, 1.54) is 19.1 Å². The lowest BCUT2D eigenvalue weighted by Gasteiger charge is -2.20. The van der Waals surface area contributed by atoms with Gasteiger partial charge in [-0.2, -0.15) is 4.40 Å². The van der Waals surface area contributed by atoms with Crippen molar-refractivity contribution in [3.8, 4) is 0 Å². The highest BCUT2D eigenvalue weighted by atomic mass is 32.2. The lowest BCUT2D eigenvalue weighted by atomic mass is 10.1. The Kier molecular flexibility index (Phi) is 7.67. The first-order valence-corrected chi connectivity index (χ1v) is 9.93. The van der Waals surface area contributed by atoms with Crippen LogP contribution >= 0.6 is 11.9 Å². The fourth-order valence-corrected chi connectivity index (χ4v) is 2.96. The van der Waals surface area contributed by atoms with Crippen molar-refractivity contribution < 1.29 is 33.7 Å². The molecule has 31 heavy (non-hydrogen) atoms. The van der Waals surface area contributed by atoms with Gasteiger partial charge in [-0.1, -0.05) is 12.1 Å². The second-order valence-electron chi connectivity index (χ2n) is 7.34. The summed E-state index contributed by atoms with van der Waals surface area (Å²) in [6, 6.07) is 7.31. The Bertz CT molecular complexity index is 945. The number of Topliss-reactive ketones (excluding diaryl/α,β-unsaturated/α-hetero) is 1. The molecule has 0 saturated carbocycles. The van der Waals surface area contributed by atoms with Crippen LogP contribution in [0, 0.1) is 0 Å². The van der Waals surface area contributed by atoms with Gasteiger partial charge in [0.1, 0.15) is 6.01 Å². The Balaban J connectivity index is 1.80. The maximum Gasteiger partial charge on any atom is 0.485 e. The van der Waals surface area contributed by atoms with E-state index in [1.54, 1.807) is 32.9 Å². The van der Waals surface area contributed by atoms with Crippen LogP contribution in [0.15, 0.2) is 33.7 Å². The highest BCUT2D eigenvalue weighted by Crippen LogP contribution is 2.25. The second kappa shape index (κ2) is 10.0. The summed E-state index contributed by atoms with van der Waals surface area (Å²) in [5.74, 6) is -1.70. The number of hydrogen-bond donors (Lipinski definition) is 1. The fraction of sp³-hybridized carbons (Fsp3) is 0.368. The van der Waals surface area contributed by atoms with Gasteiger partial charge in [-0.15, -0.1) is 4.99 Å². The molecule has 1 N–H and O–H groups in total. The number of ketones is 1. The standard InChI is InChI=1S/C19H20N4O7S/c1-11(23-15(25)12-7-5-6-8-13(12)16(23)26)14(24)9-31-21-10-20-17(27)29-30-18(28)22-19(2,3)4/h5-8,11H,9H2,1-4H3,(H,22,28). The smallest absolute Gasteiger partial charge is 0.314 e. The number of fused-ring (bicyclic) bond motifs is 1. The molecule has 12 heteroatoms. The summed E-state index contributed by atoms with van der Waals surface area (Å²) in [4.78, 5) is 72.1. The molecule has 164 valence electrons. The van der Waals surface area contributed by atoms with Crippen molar-refractivity contribution in [1.29, 1.82) is 0 Å². The third-order valence-electron chi connectivity index (χ3n) is 3.80. The van der Waals surface area contributed by atoms with Crippen LogP contribution in [-0.4, -0.2) is 58.0 Å². The predicted octanol–water partition coefficient (Wildman–Crippen LogP) is 2.64. The van der Waals surface area contributed by atoms with E-state index in [0.29, 0.717) is 11.9 Å². The summed E-state index contributed by atoms with van der Waals surface area (Å²) >= 11 is 0.703. The number of amides is 4. The van der Waals surface area contributed by atoms with Crippen LogP contribution in [0.1, 0.15) is 48.4 Å². The Morgan fingerprint density at radius 2 is 1.71 bits per heavy atom. The van der Waals surface area contributed by atoms with Gasteiger partial charge in [0.25, 0.3) is 11.8 Å². The van der Waals surface area contributed by atoms with Gasteiger partial charge in [0.05, 0.1) is 22.9 Å². The Morgan fingerprint density at radius 3 is 2.26 bits per heavy atom. The molecule has 1 heterocycles. The number of nitrogens with zero attached hydrogens (tertiary/aromatic N) is 3. The molecule has 1 unspecified atom stereocenters. The van der Waals surface area contributed by atoms with Crippen LogP contribution in [0.3, 0.4) is 0 Å². The number of aliphatic imine (C=N–C) groups is 1. The number of imide groups is 1. The molecule has 1 atom stereocenters. The van der Waals surface area contributed by atoms with Gasteiger partial charge in [0.2, 0.25) is 0 Å². The van der Waals surface area contributed by atoms with Crippen molar-refractivity contribution in [3.63, 3.8) is 0 Å². The van der Waals surface area contributed by atoms with E-state index >= 15 is 0 Å². The van der Waals surface area contributed by atoms with E-state index in [2.05, 4.69) is 24.5 Å². The number of carbonyl (C=O) groups is 5. The van der Waals surface area contributed by atoms with Gasteiger partial charge >= 0.3 is 12.2 Å². The highest BCUT2D eigenvalue weighted by molar-refractivity contribution is 7.98. The van der Waals surface area contributed by atoms with E-state index in [9.17, 15) is 24.0 Å². The molecule has 0 fully saturated rings. The fourth-order valence-electron chi connectivity index (χ4n) is 2.43. The Morgan fingerprint density at radius 1 is 1.13 bits per heavy atom. The maximum atomic E-state index is 12.4. The molecular weight excluding hydrogens is 428 g/mol. The zero-order valence-corrected chi connectivity index (χ0v) is 18.0. The van der Waals surface area contributed by atoms with E-state index in [0.717, 1.165) is 4.90 Å². The first-order chi connectivity index (χ1) is 14.5. The summed E-state index contributed by atoms with van der Waals surface area (Å²) in [5.41, 5.74) is -0.0783. The zero-order chi connectivity index (χ0) is 23.2. The van der Waals surface area contributed by atoms with Crippen LogP contribution in [0.25, 0.3) is 0 Å². The summed E-state index contributed by atoms with van der Waals surface area (Å²) in [7, 11) is 0. The van der Waals surface area contributed by atoms with E-state index < -0.39 is 41.4 Å². The van der Waals surface area contributed by atoms with E-state index in [4.69, 9.17) is 0 Å². The molecule has 4 amide bonds. The minimum atomic E-state index is -1.28. The van der Waals surface area contributed by atoms with Crippen molar-refractivity contribution in [2.45, 2.75) is 39.3 Å². The lowest BCUT2D eigenvalue weighted by Crippen LogP contribution is -2.43. The normalized spacial score (nSPS) is 13.6. The van der Waals surface area contributed by atoms with E-state index in [1.807, 2.05) is 6.01 Å². The third kappa shape index (κ3) is 6.49. The second-order valence-corrected chi connectivity index (χ2v) is 8.07. The van der Waals surface area contributed by atoms with Crippen LogP contribution in [0.2, 0.25) is 0 Å². The molecule has 1 aliphatic heterocycles. The molecule has 0 bridgehead atoms. The summed E-state index contributed by atoms with van der Waals surface area (Å²) in [6.45, 7) is 6.55.